The van der Waals surface area contributed by atoms with Crippen molar-refractivity contribution in [2.45, 2.75) is 31.8 Å². The van der Waals surface area contributed by atoms with Crippen LogP contribution in [0, 0.1) is 0 Å². The number of benzene rings is 1. The van der Waals surface area contributed by atoms with E-state index >= 15 is 0 Å². The van der Waals surface area contributed by atoms with Crippen LogP contribution < -0.4 is 10.6 Å². The normalized spacial score (nSPS) is 18.1. The van der Waals surface area contributed by atoms with Gasteiger partial charge in [-0.2, -0.15) is 0 Å². The van der Waals surface area contributed by atoms with E-state index in [4.69, 9.17) is 4.74 Å². The third-order valence-electron chi connectivity index (χ3n) is 3.54. The van der Waals surface area contributed by atoms with Gasteiger partial charge in [0, 0.05) is 13.1 Å². The van der Waals surface area contributed by atoms with Crippen LogP contribution in [0.15, 0.2) is 24.3 Å². The average molecular weight is 276 g/mol. The number of ether oxygens (including phenoxy) is 1. The van der Waals surface area contributed by atoms with Gasteiger partial charge in [0.15, 0.2) is 0 Å². The highest BCUT2D eigenvalue weighted by atomic mass is 16.5. The second-order valence-corrected chi connectivity index (χ2v) is 5.49. The van der Waals surface area contributed by atoms with Crippen LogP contribution in [0.25, 0.3) is 0 Å². The van der Waals surface area contributed by atoms with E-state index < -0.39 is 11.5 Å². The van der Waals surface area contributed by atoms with Crippen molar-refractivity contribution < 1.29 is 14.3 Å². The van der Waals surface area contributed by atoms with Gasteiger partial charge in [-0.1, -0.05) is 24.3 Å². The standard InChI is InChI=1S/C15H20N2O3/c1-15(2,14(19)20-3)17-13(18)12-9-16-8-10-6-4-5-7-11(10)12/h4-7,12,16H,8-9H2,1-3H3,(H,17,18). The molecule has 1 heterocycles. The summed E-state index contributed by atoms with van der Waals surface area (Å²) >= 11 is 0. The highest BCUT2D eigenvalue weighted by Gasteiger charge is 2.34. The maximum Gasteiger partial charge on any atom is 0.330 e. The van der Waals surface area contributed by atoms with Gasteiger partial charge >= 0.3 is 5.97 Å². The Labute approximate surface area is 118 Å². The average Bonchev–Trinajstić information content (AvgIpc) is 2.45. The second-order valence-electron chi connectivity index (χ2n) is 5.49. The number of nitrogens with one attached hydrogen (secondary N) is 2. The number of carbonyl (C=O) groups excluding carboxylic acids is 2. The molecule has 0 saturated carbocycles. The molecule has 108 valence electrons. The van der Waals surface area contributed by atoms with Crippen molar-refractivity contribution in [3.05, 3.63) is 35.4 Å². The van der Waals surface area contributed by atoms with E-state index in [0.29, 0.717) is 6.54 Å². The summed E-state index contributed by atoms with van der Waals surface area (Å²) in [5, 5.41) is 5.99. The molecular formula is C15H20N2O3. The minimum absolute atomic E-state index is 0.167. The molecule has 0 aromatic heterocycles. The first-order chi connectivity index (χ1) is 9.45. The molecule has 0 fully saturated rings. The van der Waals surface area contributed by atoms with Gasteiger partial charge in [-0.15, -0.1) is 0 Å². The minimum atomic E-state index is -1.03. The van der Waals surface area contributed by atoms with Gasteiger partial charge in [-0.05, 0) is 25.0 Å². The lowest BCUT2D eigenvalue weighted by atomic mass is 9.89. The Morgan fingerprint density at radius 1 is 1.35 bits per heavy atom. The van der Waals surface area contributed by atoms with Crippen molar-refractivity contribution >= 4 is 11.9 Å². The lowest BCUT2D eigenvalue weighted by molar-refractivity contribution is -0.149. The fourth-order valence-corrected chi connectivity index (χ4v) is 2.43. The molecule has 0 aliphatic carbocycles. The van der Waals surface area contributed by atoms with Crippen molar-refractivity contribution in [1.82, 2.24) is 10.6 Å². The maximum absolute atomic E-state index is 12.4. The number of rotatable bonds is 3. The molecule has 5 nitrogen and oxygen atoms in total. The van der Waals surface area contributed by atoms with E-state index in [9.17, 15) is 9.59 Å². The van der Waals surface area contributed by atoms with Gasteiger partial charge in [-0.25, -0.2) is 4.79 Å². The van der Waals surface area contributed by atoms with Crippen molar-refractivity contribution in [2.24, 2.45) is 0 Å². The summed E-state index contributed by atoms with van der Waals surface area (Å²) in [5.41, 5.74) is 1.11. The summed E-state index contributed by atoms with van der Waals surface area (Å²) < 4.78 is 4.70. The zero-order chi connectivity index (χ0) is 14.8. The number of esters is 1. The summed E-state index contributed by atoms with van der Waals surface area (Å²) in [5.74, 6) is -0.910. The third-order valence-corrected chi connectivity index (χ3v) is 3.54. The predicted molar refractivity (Wildman–Crippen MR) is 75.1 cm³/mol. The van der Waals surface area contributed by atoms with Gasteiger partial charge in [-0.3, -0.25) is 4.79 Å². The first kappa shape index (κ1) is 14.5. The molecule has 1 aromatic carbocycles. The summed E-state index contributed by atoms with van der Waals surface area (Å²) in [4.78, 5) is 24.1. The number of fused-ring (bicyclic) bond motifs is 1. The molecule has 2 N–H and O–H groups in total. The van der Waals surface area contributed by atoms with E-state index in [1.54, 1.807) is 13.8 Å². The zero-order valence-corrected chi connectivity index (χ0v) is 12.0. The SMILES string of the molecule is COC(=O)C(C)(C)NC(=O)C1CNCc2ccccc21. The van der Waals surface area contributed by atoms with Crippen LogP contribution in [0.4, 0.5) is 0 Å². The lowest BCUT2D eigenvalue weighted by Gasteiger charge is -2.29. The molecule has 5 heteroatoms. The van der Waals surface area contributed by atoms with E-state index in [2.05, 4.69) is 10.6 Å². The number of hydrogen-bond acceptors (Lipinski definition) is 4. The quantitative estimate of drug-likeness (QED) is 0.806. The van der Waals surface area contributed by atoms with Crippen LogP contribution in [0.5, 0.6) is 0 Å². The molecule has 1 amide bonds. The third kappa shape index (κ3) is 2.82. The summed E-state index contributed by atoms with van der Waals surface area (Å²) in [6.07, 6.45) is 0. The van der Waals surface area contributed by atoms with Crippen LogP contribution in [0.3, 0.4) is 0 Å². The van der Waals surface area contributed by atoms with Crippen molar-refractivity contribution in [3.63, 3.8) is 0 Å². The molecule has 1 aliphatic heterocycles. The molecular weight excluding hydrogens is 256 g/mol. The van der Waals surface area contributed by atoms with Gasteiger partial charge in [0.2, 0.25) is 5.91 Å². The number of carbonyl (C=O) groups is 2. The van der Waals surface area contributed by atoms with Crippen LogP contribution in [0.2, 0.25) is 0 Å². The van der Waals surface area contributed by atoms with E-state index in [-0.39, 0.29) is 11.8 Å². The van der Waals surface area contributed by atoms with Crippen molar-refractivity contribution in [3.8, 4) is 0 Å². The molecule has 1 atom stereocenters. The second kappa shape index (κ2) is 5.63. The van der Waals surface area contributed by atoms with Crippen LogP contribution in [-0.4, -0.2) is 31.1 Å². The van der Waals surface area contributed by atoms with Gasteiger partial charge in [0.05, 0.1) is 13.0 Å². The number of amides is 1. The minimum Gasteiger partial charge on any atom is -0.467 e. The highest BCUT2D eigenvalue weighted by Crippen LogP contribution is 2.24. The molecule has 0 spiro atoms. The van der Waals surface area contributed by atoms with Gasteiger partial charge in [0.1, 0.15) is 5.54 Å². The summed E-state index contributed by atoms with van der Waals surface area (Å²) in [6, 6.07) is 7.86. The van der Waals surface area contributed by atoms with E-state index in [1.165, 1.54) is 7.11 Å². The molecule has 0 bridgehead atoms. The Morgan fingerprint density at radius 2 is 2.05 bits per heavy atom. The molecule has 1 aromatic rings. The molecule has 2 rings (SSSR count). The Hall–Kier alpha value is -1.88. The Kier molecular flexibility index (Phi) is 4.09. The van der Waals surface area contributed by atoms with Crippen LogP contribution in [-0.2, 0) is 20.9 Å². The van der Waals surface area contributed by atoms with Gasteiger partial charge in [0.25, 0.3) is 0 Å². The fourth-order valence-electron chi connectivity index (χ4n) is 2.43. The molecule has 0 radical (unpaired) electrons. The highest BCUT2D eigenvalue weighted by molar-refractivity contribution is 5.91. The first-order valence-electron chi connectivity index (χ1n) is 6.64. The zero-order valence-electron chi connectivity index (χ0n) is 12.0. The Bertz CT molecular complexity index is 526. The molecule has 1 aliphatic rings. The number of hydrogen-bond donors (Lipinski definition) is 2. The van der Waals surface area contributed by atoms with Crippen LogP contribution >= 0.6 is 0 Å². The lowest BCUT2D eigenvalue weighted by Crippen LogP contribution is -2.53. The van der Waals surface area contributed by atoms with Crippen LogP contribution in [0.1, 0.15) is 30.9 Å². The largest absolute Gasteiger partial charge is 0.467 e. The topological polar surface area (TPSA) is 67.4 Å². The molecule has 20 heavy (non-hydrogen) atoms. The van der Waals surface area contributed by atoms with E-state index in [1.807, 2.05) is 24.3 Å². The van der Waals surface area contributed by atoms with Gasteiger partial charge < -0.3 is 15.4 Å². The first-order valence-corrected chi connectivity index (χ1v) is 6.64. The summed E-state index contributed by atoms with van der Waals surface area (Å²) in [7, 11) is 1.31. The molecule has 0 saturated heterocycles. The smallest absolute Gasteiger partial charge is 0.330 e. The predicted octanol–water partition coefficient (Wildman–Crippen LogP) is 0.941. The van der Waals surface area contributed by atoms with E-state index in [0.717, 1.165) is 17.7 Å². The maximum atomic E-state index is 12.4. The monoisotopic (exact) mass is 276 g/mol. The summed E-state index contributed by atoms with van der Waals surface area (Å²) in [6.45, 7) is 4.61. The Balaban J connectivity index is 2.17. The Morgan fingerprint density at radius 3 is 2.75 bits per heavy atom. The molecule has 1 unspecified atom stereocenters. The van der Waals surface area contributed by atoms with Crippen molar-refractivity contribution in [1.29, 1.82) is 0 Å². The fraction of sp³-hybridized carbons (Fsp3) is 0.467. The number of methoxy groups -OCH3 is 1. The van der Waals surface area contributed by atoms with Crippen molar-refractivity contribution in [2.75, 3.05) is 13.7 Å².